The van der Waals surface area contributed by atoms with E-state index in [1.165, 1.54) is 24.3 Å². The number of aromatic carboxylic acids is 1. The van der Waals surface area contributed by atoms with E-state index in [0.717, 1.165) is 39.3 Å². The zero-order chi connectivity index (χ0) is 24.6. The van der Waals surface area contributed by atoms with E-state index in [0.29, 0.717) is 35.6 Å². The molecular formula is C26H29FN4O4. The molecular weight excluding hydrogens is 451 g/mol. The molecule has 184 valence electrons. The van der Waals surface area contributed by atoms with Gasteiger partial charge in [0.1, 0.15) is 5.82 Å². The number of carbonyl (C=O) groups is 2. The average molecular weight is 481 g/mol. The first-order valence-electron chi connectivity index (χ1n) is 11.7. The molecule has 4 rings (SSSR count). The molecule has 8 nitrogen and oxygen atoms in total. The highest BCUT2D eigenvalue weighted by molar-refractivity contribution is 5.87. The third-order valence-corrected chi connectivity index (χ3v) is 5.92. The van der Waals surface area contributed by atoms with Crippen LogP contribution in [0.2, 0.25) is 0 Å². The van der Waals surface area contributed by atoms with Crippen molar-refractivity contribution in [1.29, 1.82) is 0 Å². The number of morpholine rings is 1. The first kappa shape index (κ1) is 24.6. The second kappa shape index (κ2) is 11.7. The first-order valence-corrected chi connectivity index (χ1v) is 11.7. The van der Waals surface area contributed by atoms with Gasteiger partial charge in [-0.1, -0.05) is 12.1 Å². The zero-order valence-electron chi connectivity index (χ0n) is 19.5. The minimum Gasteiger partial charge on any atom is -0.478 e. The van der Waals surface area contributed by atoms with E-state index in [9.17, 15) is 14.0 Å². The van der Waals surface area contributed by atoms with Gasteiger partial charge in [-0.05, 0) is 55.4 Å². The molecule has 0 radical (unpaired) electrons. The van der Waals surface area contributed by atoms with Crippen molar-refractivity contribution >= 4 is 11.9 Å². The van der Waals surface area contributed by atoms with Gasteiger partial charge in [0, 0.05) is 38.0 Å². The van der Waals surface area contributed by atoms with Crippen molar-refractivity contribution in [2.45, 2.75) is 19.3 Å². The van der Waals surface area contributed by atoms with Gasteiger partial charge in [0.25, 0.3) is 0 Å². The summed E-state index contributed by atoms with van der Waals surface area (Å²) in [5.74, 6) is -1.42. The summed E-state index contributed by atoms with van der Waals surface area (Å²) in [5.41, 5.74) is 2.80. The van der Waals surface area contributed by atoms with Crippen molar-refractivity contribution < 1.29 is 23.8 Å². The van der Waals surface area contributed by atoms with Crippen LogP contribution in [0.25, 0.3) is 16.9 Å². The molecule has 1 saturated heterocycles. The van der Waals surface area contributed by atoms with Crippen LogP contribution in [0, 0.1) is 5.82 Å². The van der Waals surface area contributed by atoms with E-state index >= 15 is 0 Å². The molecule has 9 heteroatoms. The number of halogens is 1. The van der Waals surface area contributed by atoms with Gasteiger partial charge in [0.2, 0.25) is 5.91 Å². The smallest absolute Gasteiger partial charge is 0.335 e. The fourth-order valence-corrected chi connectivity index (χ4v) is 4.03. The summed E-state index contributed by atoms with van der Waals surface area (Å²) >= 11 is 0. The molecule has 0 aliphatic carbocycles. The molecule has 0 bridgehead atoms. The Labute approximate surface area is 203 Å². The van der Waals surface area contributed by atoms with Gasteiger partial charge in [0.05, 0.1) is 35.9 Å². The summed E-state index contributed by atoms with van der Waals surface area (Å²) in [4.78, 5) is 25.9. The van der Waals surface area contributed by atoms with Gasteiger partial charge in [-0.3, -0.25) is 9.69 Å². The number of aromatic nitrogens is 2. The SMILES string of the molecule is O=C(CCc1cc(-c2cccc(F)c2)n(-c2ccc(C(=O)O)cc2)n1)NCCCN1CCOCC1. The molecule has 1 aliphatic rings. The fraction of sp³-hybridized carbons (Fsp3) is 0.346. The van der Waals surface area contributed by atoms with Crippen LogP contribution in [-0.4, -0.2) is 71.1 Å². The second-order valence-corrected chi connectivity index (χ2v) is 8.45. The largest absolute Gasteiger partial charge is 0.478 e. The monoisotopic (exact) mass is 480 g/mol. The molecule has 0 unspecified atom stereocenters. The van der Waals surface area contributed by atoms with E-state index in [1.54, 1.807) is 28.9 Å². The van der Waals surface area contributed by atoms with Crippen molar-refractivity contribution in [3.63, 3.8) is 0 Å². The quantitative estimate of drug-likeness (QED) is 0.433. The van der Waals surface area contributed by atoms with Crippen molar-refractivity contribution in [2.75, 3.05) is 39.4 Å². The Hall–Kier alpha value is -3.56. The molecule has 1 aromatic heterocycles. The Morgan fingerprint density at radius 3 is 2.57 bits per heavy atom. The number of carboxylic acids is 1. The van der Waals surface area contributed by atoms with E-state index in [2.05, 4.69) is 15.3 Å². The summed E-state index contributed by atoms with van der Waals surface area (Å²) in [6.45, 7) is 4.95. The summed E-state index contributed by atoms with van der Waals surface area (Å²) in [6.07, 6.45) is 1.60. The number of amides is 1. The van der Waals surface area contributed by atoms with Crippen LogP contribution in [0.4, 0.5) is 4.39 Å². The van der Waals surface area contributed by atoms with Crippen LogP contribution in [-0.2, 0) is 16.0 Å². The molecule has 0 spiro atoms. The third kappa shape index (κ3) is 6.74. The Bertz CT molecular complexity index is 1160. The maximum Gasteiger partial charge on any atom is 0.335 e. The molecule has 0 atom stereocenters. The Kier molecular flexibility index (Phi) is 8.23. The Morgan fingerprint density at radius 2 is 1.86 bits per heavy atom. The number of carboxylic acid groups (broad SMARTS) is 1. The highest BCUT2D eigenvalue weighted by Gasteiger charge is 2.15. The van der Waals surface area contributed by atoms with Gasteiger partial charge in [-0.2, -0.15) is 5.10 Å². The second-order valence-electron chi connectivity index (χ2n) is 8.45. The van der Waals surface area contributed by atoms with E-state index < -0.39 is 5.97 Å². The average Bonchev–Trinajstić information content (AvgIpc) is 3.30. The normalized spacial score (nSPS) is 14.1. The number of carbonyl (C=O) groups excluding carboxylic acids is 1. The third-order valence-electron chi connectivity index (χ3n) is 5.92. The molecule has 1 amide bonds. The van der Waals surface area contributed by atoms with Crippen molar-refractivity contribution in [3.8, 4) is 16.9 Å². The fourth-order valence-electron chi connectivity index (χ4n) is 4.03. The van der Waals surface area contributed by atoms with Gasteiger partial charge < -0.3 is 15.2 Å². The number of benzene rings is 2. The van der Waals surface area contributed by atoms with Crippen LogP contribution >= 0.6 is 0 Å². The van der Waals surface area contributed by atoms with Gasteiger partial charge in [0.15, 0.2) is 0 Å². The number of nitrogens with one attached hydrogen (secondary N) is 1. The number of hydrogen-bond acceptors (Lipinski definition) is 5. The molecule has 1 fully saturated rings. The lowest BCUT2D eigenvalue weighted by Gasteiger charge is -2.26. The van der Waals surface area contributed by atoms with E-state index in [4.69, 9.17) is 9.84 Å². The number of nitrogens with zero attached hydrogens (tertiary/aromatic N) is 3. The minimum atomic E-state index is -1.01. The van der Waals surface area contributed by atoms with E-state index in [-0.39, 0.29) is 23.7 Å². The standard InChI is InChI=1S/C26H29FN4O4/c27-21-4-1-3-20(17-21)24-18-22(29-31(24)23-8-5-19(6-9-23)26(33)34)7-10-25(32)28-11-2-12-30-13-15-35-16-14-30/h1,3-6,8-9,17-18H,2,7,10-16H2,(H,28,32)(H,33,34). The first-order chi connectivity index (χ1) is 17.0. The van der Waals surface area contributed by atoms with Crippen LogP contribution in [0.1, 0.15) is 28.9 Å². The zero-order valence-corrected chi connectivity index (χ0v) is 19.5. The van der Waals surface area contributed by atoms with Crippen LogP contribution in [0.15, 0.2) is 54.6 Å². The maximum atomic E-state index is 13.9. The lowest BCUT2D eigenvalue weighted by molar-refractivity contribution is -0.121. The maximum absolute atomic E-state index is 13.9. The number of rotatable bonds is 10. The van der Waals surface area contributed by atoms with Crippen molar-refractivity contribution in [2.24, 2.45) is 0 Å². The summed E-state index contributed by atoms with van der Waals surface area (Å²) in [5, 5.41) is 16.8. The summed E-state index contributed by atoms with van der Waals surface area (Å²) in [6, 6.07) is 14.4. The highest BCUT2D eigenvalue weighted by Crippen LogP contribution is 2.25. The molecule has 3 aromatic rings. The minimum absolute atomic E-state index is 0.0420. The van der Waals surface area contributed by atoms with Crippen molar-refractivity contribution in [3.05, 3.63) is 71.7 Å². The summed E-state index contributed by atoms with van der Waals surface area (Å²) < 4.78 is 20.9. The van der Waals surface area contributed by atoms with Crippen LogP contribution in [0.3, 0.4) is 0 Å². The molecule has 2 aromatic carbocycles. The van der Waals surface area contributed by atoms with Gasteiger partial charge in [-0.25, -0.2) is 13.9 Å². The molecule has 0 saturated carbocycles. The molecule has 35 heavy (non-hydrogen) atoms. The topological polar surface area (TPSA) is 96.7 Å². The highest BCUT2D eigenvalue weighted by atomic mass is 19.1. The molecule has 2 N–H and O–H groups in total. The molecule has 1 aliphatic heterocycles. The number of aryl methyl sites for hydroxylation is 1. The number of ether oxygens (including phenoxy) is 1. The van der Waals surface area contributed by atoms with Crippen molar-refractivity contribution in [1.82, 2.24) is 20.0 Å². The predicted molar refractivity (Wildman–Crippen MR) is 129 cm³/mol. The Morgan fingerprint density at radius 1 is 1.09 bits per heavy atom. The molecule has 2 heterocycles. The number of hydrogen-bond donors (Lipinski definition) is 2. The van der Waals surface area contributed by atoms with Gasteiger partial charge >= 0.3 is 5.97 Å². The predicted octanol–water partition coefficient (Wildman–Crippen LogP) is 3.15. The summed E-state index contributed by atoms with van der Waals surface area (Å²) in [7, 11) is 0. The lowest BCUT2D eigenvalue weighted by atomic mass is 10.1. The van der Waals surface area contributed by atoms with Crippen LogP contribution in [0.5, 0.6) is 0 Å². The van der Waals surface area contributed by atoms with Gasteiger partial charge in [-0.15, -0.1) is 0 Å². The van der Waals surface area contributed by atoms with E-state index in [1.807, 2.05) is 6.07 Å². The Balaban J connectivity index is 1.40. The lowest BCUT2D eigenvalue weighted by Crippen LogP contribution is -2.38. The van der Waals surface area contributed by atoms with Crippen LogP contribution < -0.4 is 5.32 Å².